The van der Waals surface area contributed by atoms with E-state index in [4.69, 9.17) is 4.74 Å². The lowest BCUT2D eigenvalue weighted by atomic mass is 10.2. The Kier molecular flexibility index (Phi) is 6.07. The van der Waals surface area contributed by atoms with E-state index in [0.717, 1.165) is 12.1 Å². The molecule has 130 valence electrons. The molecule has 9 heteroatoms. The van der Waals surface area contributed by atoms with Gasteiger partial charge in [-0.05, 0) is 36.6 Å². The molecule has 1 N–H and O–H groups in total. The van der Waals surface area contributed by atoms with Crippen LogP contribution in [0.3, 0.4) is 0 Å². The third-order valence-electron chi connectivity index (χ3n) is 3.05. The maximum absolute atomic E-state index is 13.0. The highest BCUT2D eigenvalue weighted by atomic mass is 32.2. The normalized spacial score (nSPS) is 10.2. The fourth-order valence-electron chi connectivity index (χ4n) is 1.94. The lowest BCUT2D eigenvalue weighted by molar-refractivity contribution is -0.387. The van der Waals surface area contributed by atoms with Crippen LogP contribution in [0.15, 0.2) is 47.4 Å². The SMILES string of the molecule is CSc1ccc(C(=O)OCC(=O)Nc2cccc(F)c2)cc1[N+](=O)[O-]. The van der Waals surface area contributed by atoms with Gasteiger partial charge < -0.3 is 10.1 Å². The highest BCUT2D eigenvalue weighted by molar-refractivity contribution is 7.98. The number of hydrogen-bond acceptors (Lipinski definition) is 6. The van der Waals surface area contributed by atoms with Crippen LogP contribution in [-0.2, 0) is 9.53 Å². The zero-order chi connectivity index (χ0) is 18.4. The lowest BCUT2D eigenvalue weighted by Crippen LogP contribution is -2.21. The highest BCUT2D eigenvalue weighted by Gasteiger charge is 2.18. The molecule has 0 aromatic heterocycles. The first-order valence-electron chi connectivity index (χ1n) is 6.95. The number of nitrogens with zero attached hydrogens (tertiary/aromatic N) is 1. The van der Waals surface area contributed by atoms with Gasteiger partial charge in [0, 0.05) is 11.8 Å². The second kappa shape index (κ2) is 8.25. The molecule has 0 aliphatic carbocycles. The molecule has 0 atom stereocenters. The van der Waals surface area contributed by atoms with Crippen LogP contribution >= 0.6 is 11.8 Å². The number of amides is 1. The molecule has 0 radical (unpaired) electrons. The average molecular weight is 364 g/mol. The van der Waals surface area contributed by atoms with E-state index >= 15 is 0 Å². The van der Waals surface area contributed by atoms with Crippen molar-refractivity contribution in [1.29, 1.82) is 0 Å². The van der Waals surface area contributed by atoms with Crippen molar-refractivity contribution in [1.82, 2.24) is 0 Å². The summed E-state index contributed by atoms with van der Waals surface area (Å²) in [6.07, 6.45) is 1.68. The molecule has 0 saturated carbocycles. The molecule has 0 spiro atoms. The van der Waals surface area contributed by atoms with Gasteiger partial charge in [-0.25, -0.2) is 9.18 Å². The van der Waals surface area contributed by atoms with Crippen LogP contribution in [0, 0.1) is 15.9 Å². The summed E-state index contributed by atoms with van der Waals surface area (Å²) in [6, 6.07) is 9.15. The zero-order valence-electron chi connectivity index (χ0n) is 13.0. The zero-order valence-corrected chi connectivity index (χ0v) is 13.8. The third kappa shape index (κ3) is 5.01. The monoisotopic (exact) mass is 364 g/mol. The fourth-order valence-corrected chi connectivity index (χ4v) is 2.48. The Morgan fingerprint density at radius 3 is 2.68 bits per heavy atom. The Balaban J connectivity index is 1.99. The number of halogens is 1. The summed E-state index contributed by atoms with van der Waals surface area (Å²) in [6.45, 7) is -0.604. The minimum atomic E-state index is -0.870. The Bertz CT molecular complexity index is 828. The highest BCUT2D eigenvalue weighted by Crippen LogP contribution is 2.28. The van der Waals surface area contributed by atoms with Crippen LogP contribution in [-0.4, -0.2) is 29.7 Å². The second-order valence-electron chi connectivity index (χ2n) is 4.78. The molecule has 7 nitrogen and oxygen atoms in total. The predicted molar refractivity (Wildman–Crippen MR) is 90.2 cm³/mol. The molecule has 2 rings (SSSR count). The van der Waals surface area contributed by atoms with Gasteiger partial charge in [-0.15, -0.1) is 11.8 Å². The summed E-state index contributed by atoms with van der Waals surface area (Å²) in [5.41, 5.74) is -0.0322. The molecule has 0 bridgehead atoms. The molecule has 2 aromatic rings. The van der Waals surface area contributed by atoms with Crippen molar-refractivity contribution in [2.45, 2.75) is 4.90 Å². The van der Waals surface area contributed by atoms with Gasteiger partial charge in [-0.1, -0.05) is 6.07 Å². The van der Waals surface area contributed by atoms with Crippen molar-refractivity contribution in [3.8, 4) is 0 Å². The summed E-state index contributed by atoms with van der Waals surface area (Å²) < 4.78 is 17.9. The number of thioether (sulfide) groups is 1. The standard InChI is InChI=1S/C16H13FN2O5S/c1-25-14-6-5-10(7-13(14)19(22)23)16(21)24-9-15(20)18-12-4-2-3-11(17)8-12/h2-8H,9H2,1H3,(H,18,20). The molecule has 0 aliphatic heterocycles. The van der Waals surface area contributed by atoms with Gasteiger partial charge in [0.25, 0.3) is 11.6 Å². The van der Waals surface area contributed by atoms with Gasteiger partial charge in [-0.2, -0.15) is 0 Å². The summed E-state index contributed by atoms with van der Waals surface area (Å²) in [5.74, 6) is -2.05. The maximum atomic E-state index is 13.0. The van der Waals surface area contributed by atoms with Crippen LogP contribution < -0.4 is 5.32 Å². The summed E-state index contributed by atoms with van der Waals surface area (Å²) in [7, 11) is 0. The van der Waals surface area contributed by atoms with Crippen molar-refractivity contribution < 1.29 is 23.6 Å². The van der Waals surface area contributed by atoms with Crippen LogP contribution in [0.4, 0.5) is 15.8 Å². The van der Waals surface area contributed by atoms with Gasteiger partial charge >= 0.3 is 5.97 Å². The topological polar surface area (TPSA) is 98.5 Å². The first-order valence-corrected chi connectivity index (χ1v) is 8.18. The number of nitro groups is 1. The molecule has 1 amide bonds. The van der Waals surface area contributed by atoms with Crippen molar-refractivity contribution in [3.05, 3.63) is 64.0 Å². The number of benzene rings is 2. The molecule has 0 aliphatic rings. The molecular weight excluding hydrogens is 351 g/mol. The van der Waals surface area contributed by atoms with E-state index in [1.807, 2.05) is 0 Å². The predicted octanol–water partition coefficient (Wildman–Crippen LogP) is 3.25. The number of nitro benzene ring substituents is 1. The van der Waals surface area contributed by atoms with E-state index in [1.165, 1.54) is 42.1 Å². The Hall–Kier alpha value is -2.94. The number of hydrogen-bond donors (Lipinski definition) is 1. The van der Waals surface area contributed by atoms with Crippen LogP contribution in [0.2, 0.25) is 0 Å². The third-order valence-corrected chi connectivity index (χ3v) is 3.84. The van der Waals surface area contributed by atoms with Gasteiger partial charge in [0.05, 0.1) is 15.4 Å². The number of anilines is 1. The number of ether oxygens (including phenoxy) is 1. The number of carbonyl (C=O) groups excluding carboxylic acids is 2. The second-order valence-corrected chi connectivity index (χ2v) is 5.63. The van der Waals surface area contributed by atoms with E-state index < -0.39 is 29.2 Å². The maximum Gasteiger partial charge on any atom is 0.338 e. The Morgan fingerprint density at radius 2 is 2.04 bits per heavy atom. The molecule has 25 heavy (non-hydrogen) atoms. The average Bonchev–Trinajstić information content (AvgIpc) is 2.59. The lowest BCUT2D eigenvalue weighted by Gasteiger charge is -2.07. The number of esters is 1. The van der Waals surface area contributed by atoms with Gasteiger partial charge in [0.2, 0.25) is 0 Å². The van der Waals surface area contributed by atoms with E-state index in [1.54, 1.807) is 6.26 Å². The minimum Gasteiger partial charge on any atom is -0.452 e. The first-order chi connectivity index (χ1) is 11.9. The number of rotatable bonds is 6. The van der Waals surface area contributed by atoms with Gasteiger partial charge in [0.1, 0.15) is 5.82 Å². The number of carbonyl (C=O) groups is 2. The molecular formula is C16H13FN2O5S. The van der Waals surface area contributed by atoms with E-state index in [0.29, 0.717) is 4.90 Å². The van der Waals surface area contributed by atoms with Crippen LogP contribution in [0.25, 0.3) is 0 Å². The Morgan fingerprint density at radius 1 is 1.28 bits per heavy atom. The van der Waals surface area contributed by atoms with Crippen LogP contribution in [0.1, 0.15) is 10.4 Å². The molecule has 0 fully saturated rings. The molecule has 0 saturated heterocycles. The first kappa shape index (κ1) is 18.4. The minimum absolute atomic E-state index is 0.0388. The van der Waals surface area contributed by atoms with Crippen molar-refractivity contribution >= 4 is 35.0 Å². The Labute approximate surface area is 146 Å². The van der Waals surface area contributed by atoms with E-state index in [2.05, 4.69) is 5.32 Å². The number of nitrogens with one attached hydrogen (secondary N) is 1. The smallest absolute Gasteiger partial charge is 0.338 e. The van der Waals surface area contributed by atoms with E-state index in [9.17, 15) is 24.1 Å². The van der Waals surface area contributed by atoms with Gasteiger partial charge in [0.15, 0.2) is 6.61 Å². The van der Waals surface area contributed by atoms with Crippen molar-refractivity contribution in [2.24, 2.45) is 0 Å². The van der Waals surface area contributed by atoms with E-state index in [-0.39, 0.29) is 16.9 Å². The molecule has 2 aromatic carbocycles. The van der Waals surface area contributed by atoms with Gasteiger partial charge in [-0.3, -0.25) is 14.9 Å². The molecule has 0 unspecified atom stereocenters. The summed E-state index contributed by atoms with van der Waals surface area (Å²) in [5, 5.41) is 13.4. The largest absolute Gasteiger partial charge is 0.452 e. The fraction of sp³-hybridized carbons (Fsp3) is 0.125. The summed E-state index contributed by atoms with van der Waals surface area (Å²) in [4.78, 5) is 34.5. The van der Waals surface area contributed by atoms with Crippen LogP contribution in [0.5, 0.6) is 0 Å². The quantitative estimate of drug-likeness (QED) is 0.366. The van der Waals surface area contributed by atoms with Crippen molar-refractivity contribution in [2.75, 3.05) is 18.2 Å². The molecule has 0 heterocycles. The van der Waals surface area contributed by atoms with Crippen molar-refractivity contribution in [3.63, 3.8) is 0 Å². The summed E-state index contributed by atoms with van der Waals surface area (Å²) >= 11 is 1.18.